The first-order chi connectivity index (χ1) is 11.3. The van der Waals surface area contributed by atoms with Crippen molar-refractivity contribution < 1.29 is 14.0 Å². The lowest BCUT2D eigenvalue weighted by Crippen LogP contribution is -1.97. The summed E-state index contributed by atoms with van der Waals surface area (Å²) in [5.74, 6) is 2.05. The maximum absolute atomic E-state index is 9.02. The molecule has 23 heavy (non-hydrogen) atoms. The van der Waals surface area contributed by atoms with Gasteiger partial charge in [-0.25, -0.2) is 0 Å². The van der Waals surface area contributed by atoms with E-state index >= 15 is 0 Å². The fourth-order valence-electron chi connectivity index (χ4n) is 2.00. The molecule has 3 rings (SSSR count). The molecule has 1 aromatic heterocycles. The van der Waals surface area contributed by atoms with Gasteiger partial charge in [0, 0.05) is 5.56 Å². The van der Waals surface area contributed by atoms with Gasteiger partial charge in [0.15, 0.2) is 6.61 Å². The fraction of sp³-hybridized carbons (Fsp3) is 0.118. The molecule has 0 aliphatic heterocycles. The Labute approximate surface area is 132 Å². The molecular formula is C17H13N3O3. The first-order valence-electron chi connectivity index (χ1n) is 6.89. The van der Waals surface area contributed by atoms with Crippen molar-refractivity contribution in [3.05, 3.63) is 60.0 Å². The van der Waals surface area contributed by atoms with E-state index in [2.05, 4.69) is 16.2 Å². The molecule has 0 radical (unpaired) electrons. The second kappa shape index (κ2) is 6.62. The van der Waals surface area contributed by atoms with E-state index in [0.29, 0.717) is 23.0 Å². The Hall–Kier alpha value is -3.33. The zero-order valence-electron chi connectivity index (χ0n) is 12.4. The summed E-state index contributed by atoms with van der Waals surface area (Å²) < 4.78 is 15.8. The predicted octanol–water partition coefficient (Wildman–Crippen LogP) is 3.20. The first kappa shape index (κ1) is 14.6. The molecule has 114 valence electrons. The van der Waals surface area contributed by atoms with Gasteiger partial charge in [0.1, 0.15) is 17.6 Å². The molecule has 0 saturated heterocycles. The van der Waals surface area contributed by atoms with E-state index in [1.807, 2.05) is 24.3 Å². The van der Waals surface area contributed by atoms with Gasteiger partial charge in [-0.05, 0) is 36.4 Å². The van der Waals surface area contributed by atoms with Crippen molar-refractivity contribution in [2.24, 2.45) is 0 Å². The van der Waals surface area contributed by atoms with Gasteiger partial charge in [-0.3, -0.25) is 0 Å². The number of benzene rings is 2. The van der Waals surface area contributed by atoms with Crippen LogP contribution in [0.15, 0.2) is 53.1 Å². The number of ether oxygens (including phenoxy) is 2. The smallest absolute Gasteiger partial charge is 0.264 e. The Morgan fingerprint density at radius 1 is 1.13 bits per heavy atom. The molecule has 0 atom stereocenters. The molecule has 0 saturated carbocycles. The van der Waals surface area contributed by atoms with E-state index in [0.717, 1.165) is 11.3 Å². The quantitative estimate of drug-likeness (QED) is 0.720. The fourth-order valence-corrected chi connectivity index (χ4v) is 2.00. The van der Waals surface area contributed by atoms with Crippen molar-refractivity contribution in [1.29, 1.82) is 5.26 Å². The summed E-state index contributed by atoms with van der Waals surface area (Å²) in [5.41, 5.74) is 1.28. The standard InChI is InChI=1S/C17H13N3O3/c1-21-14-8-6-12(7-9-14)17-19-16(23-20-17)11-22-15-5-3-2-4-13(15)10-18/h2-9H,11H2,1H3. The third kappa shape index (κ3) is 3.30. The maximum Gasteiger partial charge on any atom is 0.264 e. The lowest BCUT2D eigenvalue weighted by molar-refractivity contribution is 0.242. The van der Waals surface area contributed by atoms with Crippen LogP contribution < -0.4 is 9.47 Å². The Morgan fingerprint density at radius 2 is 1.91 bits per heavy atom. The molecule has 0 fully saturated rings. The molecule has 0 unspecified atom stereocenters. The van der Waals surface area contributed by atoms with Crippen LogP contribution in [-0.4, -0.2) is 17.3 Å². The maximum atomic E-state index is 9.02. The molecule has 6 nitrogen and oxygen atoms in total. The SMILES string of the molecule is COc1ccc(-c2noc(COc3ccccc3C#N)n2)cc1. The highest BCUT2D eigenvalue weighted by Gasteiger charge is 2.10. The number of rotatable bonds is 5. The summed E-state index contributed by atoms with van der Waals surface area (Å²) >= 11 is 0. The molecule has 3 aromatic rings. The van der Waals surface area contributed by atoms with Crippen LogP contribution in [0, 0.1) is 11.3 Å². The van der Waals surface area contributed by atoms with Gasteiger partial charge >= 0.3 is 0 Å². The molecule has 0 spiro atoms. The van der Waals surface area contributed by atoms with Crippen LogP contribution in [0.2, 0.25) is 0 Å². The van der Waals surface area contributed by atoms with Crippen LogP contribution in [0.5, 0.6) is 11.5 Å². The summed E-state index contributed by atoms with van der Waals surface area (Å²) in [7, 11) is 1.61. The number of aromatic nitrogens is 2. The molecule has 0 amide bonds. The van der Waals surface area contributed by atoms with Gasteiger partial charge in [-0.2, -0.15) is 10.2 Å². The third-order valence-electron chi connectivity index (χ3n) is 3.17. The summed E-state index contributed by atoms with van der Waals surface area (Å²) in [5, 5.41) is 12.9. The topological polar surface area (TPSA) is 81.2 Å². The molecular weight excluding hydrogens is 294 g/mol. The average Bonchev–Trinajstić information content (AvgIpc) is 3.09. The highest BCUT2D eigenvalue weighted by Crippen LogP contribution is 2.21. The number of para-hydroxylation sites is 1. The van der Waals surface area contributed by atoms with Crippen LogP contribution in [0.4, 0.5) is 0 Å². The van der Waals surface area contributed by atoms with E-state index in [-0.39, 0.29) is 6.61 Å². The van der Waals surface area contributed by atoms with Crippen LogP contribution in [-0.2, 0) is 6.61 Å². The van der Waals surface area contributed by atoms with Gasteiger partial charge in [0.2, 0.25) is 5.82 Å². The van der Waals surface area contributed by atoms with Crippen molar-refractivity contribution in [2.75, 3.05) is 7.11 Å². The summed E-state index contributed by atoms with van der Waals surface area (Å²) in [4.78, 5) is 4.28. The van der Waals surface area contributed by atoms with E-state index in [1.165, 1.54) is 0 Å². The minimum Gasteiger partial charge on any atom is -0.497 e. The van der Waals surface area contributed by atoms with Gasteiger partial charge in [-0.1, -0.05) is 17.3 Å². The van der Waals surface area contributed by atoms with Gasteiger partial charge < -0.3 is 14.0 Å². The highest BCUT2D eigenvalue weighted by atomic mass is 16.5. The zero-order valence-corrected chi connectivity index (χ0v) is 12.4. The van der Waals surface area contributed by atoms with E-state index in [9.17, 15) is 0 Å². The highest BCUT2D eigenvalue weighted by molar-refractivity contribution is 5.55. The van der Waals surface area contributed by atoms with Crippen molar-refractivity contribution >= 4 is 0 Å². The minimum atomic E-state index is 0.0991. The summed E-state index contributed by atoms with van der Waals surface area (Å²) in [6, 6.07) is 16.4. The summed E-state index contributed by atoms with van der Waals surface area (Å²) in [6.07, 6.45) is 0. The van der Waals surface area contributed by atoms with Gasteiger partial charge in [0.05, 0.1) is 12.7 Å². The number of nitrogens with zero attached hydrogens (tertiary/aromatic N) is 3. The molecule has 2 aromatic carbocycles. The Balaban J connectivity index is 1.71. The Morgan fingerprint density at radius 3 is 2.65 bits per heavy atom. The lowest BCUT2D eigenvalue weighted by Gasteiger charge is -2.03. The number of hydrogen-bond donors (Lipinski definition) is 0. The minimum absolute atomic E-state index is 0.0991. The predicted molar refractivity (Wildman–Crippen MR) is 81.8 cm³/mol. The largest absolute Gasteiger partial charge is 0.497 e. The molecule has 0 aliphatic rings. The Kier molecular flexibility index (Phi) is 4.20. The first-order valence-corrected chi connectivity index (χ1v) is 6.89. The number of methoxy groups -OCH3 is 1. The van der Waals surface area contributed by atoms with Crippen molar-refractivity contribution in [3.8, 4) is 29.0 Å². The molecule has 1 heterocycles. The van der Waals surface area contributed by atoms with Crippen molar-refractivity contribution in [1.82, 2.24) is 10.1 Å². The van der Waals surface area contributed by atoms with Gasteiger partial charge in [-0.15, -0.1) is 0 Å². The summed E-state index contributed by atoms with van der Waals surface area (Å²) in [6.45, 7) is 0.0991. The molecule has 0 N–H and O–H groups in total. The molecule has 6 heteroatoms. The number of hydrogen-bond acceptors (Lipinski definition) is 6. The monoisotopic (exact) mass is 307 g/mol. The zero-order chi connectivity index (χ0) is 16.1. The normalized spacial score (nSPS) is 10.1. The van der Waals surface area contributed by atoms with E-state index in [4.69, 9.17) is 19.3 Å². The second-order valence-electron chi connectivity index (χ2n) is 4.64. The van der Waals surface area contributed by atoms with Crippen molar-refractivity contribution in [2.45, 2.75) is 6.61 Å². The van der Waals surface area contributed by atoms with E-state index < -0.39 is 0 Å². The molecule has 0 bridgehead atoms. The van der Waals surface area contributed by atoms with Crippen LogP contribution >= 0.6 is 0 Å². The Bertz CT molecular complexity index is 835. The van der Waals surface area contributed by atoms with Crippen molar-refractivity contribution in [3.63, 3.8) is 0 Å². The lowest BCUT2D eigenvalue weighted by atomic mass is 10.2. The third-order valence-corrected chi connectivity index (χ3v) is 3.17. The van der Waals surface area contributed by atoms with E-state index in [1.54, 1.807) is 31.4 Å². The van der Waals surface area contributed by atoms with Crippen LogP contribution in [0.1, 0.15) is 11.5 Å². The van der Waals surface area contributed by atoms with Crippen LogP contribution in [0.3, 0.4) is 0 Å². The van der Waals surface area contributed by atoms with Gasteiger partial charge in [0.25, 0.3) is 5.89 Å². The second-order valence-corrected chi connectivity index (χ2v) is 4.64. The average molecular weight is 307 g/mol. The van der Waals surface area contributed by atoms with Crippen LogP contribution in [0.25, 0.3) is 11.4 Å². The molecule has 0 aliphatic carbocycles. The number of nitriles is 1.